The minimum Gasteiger partial charge on any atom is -0.494 e. The summed E-state index contributed by atoms with van der Waals surface area (Å²) in [5.74, 6) is 1.55. The highest BCUT2D eigenvalue weighted by Crippen LogP contribution is 2.16. The van der Waals surface area contributed by atoms with Gasteiger partial charge in [-0.1, -0.05) is 17.8 Å². The maximum absolute atomic E-state index is 7.44. The van der Waals surface area contributed by atoms with Crippen LogP contribution in [-0.2, 0) is 0 Å². The van der Waals surface area contributed by atoms with Crippen molar-refractivity contribution < 1.29 is 4.74 Å². The van der Waals surface area contributed by atoms with E-state index in [-0.39, 0.29) is 11.1 Å². The lowest BCUT2D eigenvalue weighted by Gasteiger charge is -2.08. The number of thioether (sulfide) groups is 1. The lowest BCUT2D eigenvalue weighted by atomic mass is 10.1. The van der Waals surface area contributed by atoms with Crippen molar-refractivity contribution in [2.75, 3.05) is 12.4 Å². The molecule has 0 aromatic heterocycles. The van der Waals surface area contributed by atoms with Crippen LogP contribution in [0, 0.1) is 19.3 Å². The van der Waals surface area contributed by atoms with Crippen LogP contribution >= 0.6 is 11.8 Å². The summed E-state index contributed by atoms with van der Waals surface area (Å²) in [6.45, 7) is 4.75. The second kappa shape index (κ2) is 7.68. The molecule has 0 radical (unpaired) electrons. The van der Waals surface area contributed by atoms with Gasteiger partial charge in [-0.2, -0.15) is 4.99 Å². The summed E-state index contributed by atoms with van der Waals surface area (Å²) in [6.07, 6.45) is 0.833. The molecule has 0 aliphatic rings. The summed E-state index contributed by atoms with van der Waals surface area (Å²) in [5, 5.41) is 7.58. The standard InChI is InChI=1S/C13H20N4OS/c1-9-4-5-11(8-10(9)2)18-6-3-7-19-13(16)17-12(14)15/h4-5,8H,3,6-7H2,1-2H3,(H5,14,15,16,17). The summed E-state index contributed by atoms with van der Waals surface area (Å²) in [4.78, 5) is 3.63. The fourth-order valence-electron chi connectivity index (χ4n) is 1.37. The Hall–Kier alpha value is -1.69. The van der Waals surface area contributed by atoms with E-state index in [1.165, 1.54) is 22.9 Å². The van der Waals surface area contributed by atoms with Crippen molar-refractivity contribution in [3.63, 3.8) is 0 Å². The third kappa shape index (κ3) is 6.15. The Balaban J connectivity index is 2.22. The van der Waals surface area contributed by atoms with Crippen LogP contribution in [0.25, 0.3) is 0 Å². The van der Waals surface area contributed by atoms with Crippen molar-refractivity contribution in [3.05, 3.63) is 29.3 Å². The predicted octanol–water partition coefficient (Wildman–Crippen LogP) is 2.01. The van der Waals surface area contributed by atoms with Crippen LogP contribution in [-0.4, -0.2) is 23.5 Å². The molecule has 0 amide bonds. The predicted molar refractivity (Wildman–Crippen MR) is 82.0 cm³/mol. The Morgan fingerprint density at radius 2 is 2.05 bits per heavy atom. The number of nitrogens with zero attached hydrogens (tertiary/aromatic N) is 1. The molecule has 104 valence electrons. The van der Waals surface area contributed by atoms with E-state index in [9.17, 15) is 0 Å². The first-order valence-corrected chi connectivity index (χ1v) is 6.98. The number of hydrogen-bond acceptors (Lipinski definition) is 3. The maximum Gasteiger partial charge on any atom is 0.193 e. The van der Waals surface area contributed by atoms with Crippen LogP contribution in [0.5, 0.6) is 5.75 Å². The fourth-order valence-corrected chi connectivity index (χ4v) is 2.00. The summed E-state index contributed by atoms with van der Waals surface area (Å²) < 4.78 is 5.64. The zero-order valence-electron chi connectivity index (χ0n) is 11.3. The van der Waals surface area contributed by atoms with E-state index in [1.54, 1.807) is 0 Å². The lowest BCUT2D eigenvalue weighted by molar-refractivity contribution is 0.318. The SMILES string of the molecule is Cc1ccc(OCCCSC(=N)N=C(N)N)cc1C. The van der Waals surface area contributed by atoms with E-state index in [1.807, 2.05) is 18.2 Å². The number of nitrogens with two attached hydrogens (primary N) is 2. The monoisotopic (exact) mass is 280 g/mol. The van der Waals surface area contributed by atoms with E-state index in [0.717, 1.165) is 17.9 Å². The molecule has 0 unspecified atom stereocenters. The zero-order valence-corrected chi connectivity index (χ0v) is 12.1. The number of aliphatic imine (C=N–C) groups is 1. The average Bonchev–Trinajstić information content (AvgIpc) is 2.32. The molecular weight excluding hydrogens is 260 g/mol. The van der Waals surface area contributed by atoms with Gasteiger partial charge in [-0.25, -0.2) is 0 Å². The molecule has 0 saturated carbocycles. The molecular formula is C13H20N4OS. The van der Waals surface area contributed by atoms with Crippen molar-refractivity contribution in [2.45, 2.75) is 20.3 Å². The van der Waals surface area contributed by atoms with Gasteiger partial charge in [-0.3, -0.25) is 5.41 Å². The van der Waals surface area contributed by atoms with Crippen molar-refractivity contribution >= 4 is 22.9 Å². The highest BCUT2D eigenvalue weighted by Gasteiger charge is 1.99. The van der Waals surface area contributed by atoms with E-state index in [2.05, 4.69) is 18.8 Å². The summed E-state index contributed by atoms with van der Waals surface area (Å²) >= 11 is 1.30. The molecule has 6 heteroatoms. The van der Waals surface area contributed by atoms with Gasteiger partial charge in [0.05, 0.1) is 6.61 Å². The minimum absolute atomic E-state index is 0.0797. The van der Waals surface area contributed by atoms with Crippen LogP contribution in [0.15, 0.2) is 23.2 Å². The molecule has 0 bridgehead atoms. The highest BCUT2D eigenvalue weighted by molar-refractivity contribution is 8.13. The van der Waals surface area contributed by atoms with E-state index < -0.39 is 0 Å². The Labute approximate surface area is 117 Å². The molecule has 0 atom stereocenters. The van der Waals surface area contributed by atoms with Gasteiger partial charge in [0.15, 0.2) is 11.1 Å². The Morgan fingerprint density at radius 3 is 2.68 bits per heavy atom. The number of guanidine groups is 1. The van der Waals surface area contributed by atoms with Crippen molar-refractivity contribution in [3.8, 4) is 5.75 Å². The first kappa shape index (κ1) is 15.4. The van der Waals surface area contributed by atoms with Gasteiger partial charge in [0.1, 0.15) is 5.75 Å². The second-order valence-corrected chi connectivity index (χ2v) is 5.22. The summed E-state index contributed by atoms with van der Waals surface area (Å²) in [6, 6.07) is 6.05. The molecule has 5 nitrogen and oxygen atoms in total. The molecule has 19 heavy (non-hydrogen) atoms. The molecule has 0 aliphatic carbocycles. The van der Waals surface area contributed by atoms with Crippen LogP contribution < -0.4 is 16.2 Å². The Kier molecular flexibility index (Phi) is 6.21. The Morgan fingerprint density at radius 1 is 1.32 bits per heavy atom. The molecule has 1 aromatic rings. The summed E-state index contributed by atoms with van der Waals surface area (Å²) in [5.41, 5.74) is 12.8. The number of rotatable bonds is 5. The lowest BCUT2D eigenvalue weighted by Crippen LogP contribution is -2.23. The zero-order chi connectivity index (χ0) is 14.3. The fraction of sp³-hybridized carbons (Fsp3) is 0.385. The number of hydrogen-bond donors (Lipinski definition) is 3. The van der Waals surface area contributed by atoms with Crippen LogP contribution in [0.3, 0.4) is 0 Å². The normalized spacial score (nSPS) is 10.0. The molecule has 1 rings (SSSR count). The molecule has 5 N–H and O–H groups in total. The van der Waals surface area contributed by atoms with Crippen molar-refractivity contribution in [2.24, 2.45) is 16.5 Å². The quantitative estimate of drug-likeness (QED) is 0.436. The van der Waals surface area contributed by atoms with E-state index in [0.29, 0.717) is 6.61 Å². The first-order chi connectivity index (χ1) is 8.99. The molecule has 0 saturated heterocycles. The van der Waals surface area contributed by atoms with Gasteiger partial charge in [0.25, 0.3) is 0 Å². The average molecular weight is 280 g/mol. The third-order valence-corrected chi connectivity index (χ3v) is 3.36. The number of aryl methyl sites for hydroxylation is 2. The van der Waals surface area contributed by atoms with Gasteiger partial charge in [0.2, 0.25) is 0 Å². The van der Waals surface area contributed by atoms with Crippen LogP contribution in [0.1, 0.15) is 17.5 Å². The minimum atomic E-state index is -0.0797. The first-order valence-electron chi connectivity index (χ1n) is 6.00. The smallest absolute Gasteiger partial charge is 0.193 e. The number of amidine groups is 1. The summed E-state index contributed by atoms with van der Waals surface area (Å²) in [7, 11) is 0. The van der Waals surface area contributed by atoms with Gasteiger partial charge < -0.3 is 16.2 Å². The molecule has 0 spiro atoms. The third-order valence-electron chi connectivity index (χ3n) is 2.51. The molecule has 0 aliphatic heterocycles. The molecule has 0 heterocycles. The van der Waals surface area contributed by atoms with Gasteiger partial charge in [-0.15, -0.1) is 0 Å². The highest BCUT2D eigenvalue weighted by atomic mass is 32.2. The number of ether oxygens (including phenoxy) is 1. The maximum atomic E-state index is 7.44. The van der Waals surface area contributed by atoms with Gasteiger partial charge >= 0.3 is 0 Å². The van der Waals surface area contributed by atoms with Crippen molar-refractivity contribution in [1.82, 2.24) is 0 Å². The largest absolute Gasteiger partial charge is 0.494 e. The topological polar surface area (TPSA) is 97.5 Å². The number of benzene rings is 1. The second-order valence-electron chi connectivity index (χ2n) is 4.14. The molecule has 1 aromatic carbocycles. The van der Waals surface area contributed by atoms with Gasteiger partial charge in [-0.05, 0) is 43.5 Å². The Bertz CT molecular complexity index is 470. The van der Waals surface area contributed by atoms with Crippen LogP contribution in [0.2, 0.25) is 0 Å². The van der Waals surface area contributed by atoms with Crippen LogP contribution in [0.4, 0.5) is 0 Å². The molecule has 0 fully saturated rings. The number of nitrogens with one attached hydrogen (secondary N) is 1. The van der Waals surface area contributed by atoms with Gasteiger partial charge in [0, 0.05) is 5.75 Å². The van der Waals surface area contributed by atoms with E-state index in [4.69, 9.17) is 21.6 Å². The van der Waals surface area contributed by atoms with E-state index >= 15 is 0 Å². The van der Waals surface area contributed by atoms with Crippen molar-refractivity contribution in [1.29, 1.82) is 5.41 Å².